The Morgan fingerprint density at radius 3 is 2.80 bits per heavy atom. The van der Waals surface area contributed by atoms with E-state index < -0.39 is 0 Å². The van der Waals surface area contributed by atoms with Gasteiger partial charge in [-0.05, 0) is 26.3 Å². The minimum Gasteiger partial charge on any atom is -0.468 e. The Bertz CT molecular complexity index is 495. The van der Waals surface area contributed by atoms with E-state index in [-0.39, 0.29) is 29.7 Å². The lowest BCUT2D eigenvalue weighted by atomic mass is 10.2. The molecule has 2 rings (SSSR count). The van der Waals surface area contributed by atoms with Crippen molar-refractivity contribution >= 4 is 11.8 Å². The molecule has 1 aliphatic rings. The highest BCUT2D eigenvalue weighted by molar-refractivity contribution is 5.92. The van der Waals surface area contributed by atoms with Crippen LogP contribution in [0.5, 0.6) is 5.95 Å². The quantitative estimate of drug-likeness (QED) is 0.885. The van der Waals surface area contributed by atoms with Crippen molar-refractivity contribution in [2.45, 2.75) is 38.8 Å². The first-order valence-corrected chi connectivity index (χ1v) is 6.75. The largest absolute Gasteiger partial charge is 0.468 e. The lowest BCUT2D eigenvalue weighted by Gasteiger charge is -2.28. The number of carbonyl (C=O) groups is 2. The normalized spacial score (nSPS) is 18.2. The molecule has 1 N–H and O–H groups in total. The number of amides is 2. The van der Waals surface area contributed by atoms with E-state index in [2.05, 4.69) is 5.32 Å². The van der Waals surface area contributed by atoms with Gasteiger partial charge in [-0.15, -0.1) is 0 Å². The van der Waals surface area contributed by atoms with Crippen LogP contribution in [0.1, 0.15) is 37.2 Å². The van der Waals surface area contributed by atoms with Gasteiger partial charge in [-0.2, -0.15) is 0 Å². The van der Waals surface area contributed by atoms with Gasteiger partial charge >= 0.3 is 0 Å². The van der Waals surface area contributed by atoms with Gasteiger partial charge in [-0.3, -0.25) is 9.59 Å². The predicted molar refractivity (Wildman–Crippen MR) is 72.6 cm³/mol. The van der Waals surface area contributed by atoms with Crippen LogP contribution in [0.25, 0.3) is 0 Å². The summed E-state index contributed by atoms with van der Waals surface area (Å²) in [5.41, 5.74) is 0. The average molecular weight is 280 g/mol. The molecule has 2 amide bonds. The SMILES string of the molecule is COc1ccc(C(=O)N(C[C@H]2CCC(=O)N2)C(C)C)o1. The smallest absolute Gasteiger partial charge is 0.290 e. The standard InChI is InChI=1S/C14H20N2O4/c1-9(2)16(8-10-4-6-12(17)15-10)14(18)11-5-7-13(19-3)20-11/h5,7,9-10H,4,6,8H2,1-3H3,(H,15,17)/t10-/m1/s1. The van der Waals surface area contributed by atoms with E-state index >= 15 is 0 Å². The number of hydrogen-bond donors (Lipinski definition) is 1. The Kier molecular flexibility index (Phi) is 4.32. The maximum Gasteiger partial charge on any atom is 0.290 e. The summed E-state index contributed by atoms with van der Waals surface area (Å²) in [6.45, 7) is 4.37. The second-order valence-corrected chi connectivity index (χ2v) is 5.18. The number of hydrogen-bond acceptors (Lipinski definition) is 4. The molecule has 2 heterocycles. The molecule has 0 bridgehead atoms. The van der Waals surface area contributed by atoms with Gasteiger partial charge in [0.15, 0.2) is 5.76 Å². The molecule has 1 saturated heterocycles. The van der Waals surface area contributed by atoms with Crippen LogP contribution in [0.2, 0.25) is 0 Å². The van der Waals surface area contributed by atoms with E-state index in [1.807, 2.05) is 13.8 Å². The molecule has 1 fully saturated rings. The predicted octanol–water partition coefficient (Wildman–Crippen LogP) is 1.42. The molecule has 20 heavy (non-hydrogen) atoms. The van der Waals surface area contributed by atoms with E-state index in [1.54, 1.807) is 17.0 Å². The maximum absolute atomic E-state index is 12.4. The van der Waals surface area contributed by atoms with Crippen LogP contribution in [0, 0.1) is 0 Å². The molecule has 110 valence electrons. The minimum absolute atomic E-state index is 0.0192. The number of carbonyl (C=O) groups excluding carboxylic acids is 2. The van der Waals surface area contributed by atoms with Crippen molar-refractivity contribution in [3.05, 3.63) is 17.9 Å². The van der Waals surface area contributed by atoms with Gasteiger partial charge in [0.2, 0.25) is 5.91 Å². The molecular weight excluding hydrogens is 260 g/mol. The number of rotatable bonds is 5. The van der Waals surface area contributed by atoms with Crippen LogP contribution in [-0.2, 0) is 4.79 Å². The van der Waals surface area contributed by atoms with Crippen molar-refractivity contribution in [1.29, 1.82) is 0 Å². The third-order valence-corrected chi connectivity index (χ3v) is 3.38. The third-order valence-electron chi connectivity index (χ3n) is 3.38. The fourth-order valence-corrected chi connectivity index (χ4v) is 2.27. The van der Waals surface area contributed by atoms with Gasteiger partial charge in [0, 0.05) is 31.1 Å². The molecule has 0 spiro atoms. The second kappa shape index (κ2) is 5.98. The first-order valence-electron chi connectivity index (χ1n) is 6.75. The third kappa shape index (κ3) is 3.12. The average Bonchev–Trinajstić information content (AvgIpc) is 3.03. The lowest BCUT2D eigenvalue weighted by Crippen LogP contribution is -2.45. The van der Waals surface area contributed by atoms with Crippen LogP contribution in [-0.4, -0.2) is 42.5 Å². The van der Waals surface area contributed by atoms with Gasteiger partial charge in [0.1, 0.15) is 0 Å². The summed E-state index contributed by atoms with van der Waals surface area (Å²) in [6, 6.07) is 3.26. The topological polar surface area (TPSA) is 71.8 Å². The van der Waals surface area contributed by atoms with Crippen LogP contribution >= 0.6 is 0 Å². The highest BCUT2D eigenvalue weighted by Crippen LogP contribution is 2.19. The second-order valence-electron chi connectivity index (χ2n) is 5.18. The molecule has 6 heteroatoms. The molecule has 0 saturated carbocycles. The zero-order chi connectivity index (χ0) is 14.7. The zero-order valence-electron chi connectivity index (χ0n) is 12.0. The van der Waals surface area contributed by atoms with Crippen LogP contribution in [0.3, 0.4) is 0 Å². The van der Waals surface area contributed by atoms with Gasteiger partial charge < -0.3 is 19.4 Å². The Hall–Kier alpha value is -1.98. The van der Waals surface area contributed by atoms with E-state index in [0.717, 1.165) is 6.42 Å². The van der Waals surface area contributed by atoms with E-state index in [1.165, 1.54) is 7.11 Å². The molecule has 6 nitrogen and oxygen atoms in total. The van der Waals surface area contributed by atoms with Crippen LogP contribution in [0.15, 0.2) is 16.5 Å². The molecule has 1 aliphatic heterocycles. The first-order chi connectivity index (χ1) is 9.51. The fraction of sp³-hybridized carbons (Fsp3) is 0.571. The van der Waals surface area contributed by atoms with Gasteiger partial charge in [-0.25, -0.2) is 0 Å². The summed E-state index contributed by atoms with van der Waals surface area (Å²) >= 11 is 0. The molecule has 1 atom stereocenters. The maximum atomic E-state index is 12.4. The number of methoxy groups -OCH3 is 1. The van der Waals surface area contributed by atoms with Crippen LogP contribution in [0.4, 0.5) is 0 Å². The molecule has 1 aromatic rings. The highest BCUT2D eigenvalue weighted by Gasteiger charge is 2.28. The number of furan rings is 1. The van der Waals surface area contributed by atoms with Gasteiger partial charge in [-0.1, -0.05) is 0 Å². The number of ether oxygens (including phenoxy) is 1. The summed E-state index contributed by atoms with van der Waals surface area (Å²) in [5, 5.41) is 2.87. The van der Waals surface area contributed by atoms with Gasteiger partial charge in [0.05, 0.1) is 7.11 Å². The molecule has 0 aliphatic carbocycles. The van der Waals surface area contributed by atoms with Crippen molar-refractivity contribution < 1.29 is 18.7 Å². The van der Waals surface area contributed by atoms with E-state index in [4.69, 9.17) is 9.15 Å². The summed E-state index contributed by atoms with van der Waals surface area (Å²) in [4.78, 5) is 25.4. The summed E-state index contributed by atoms with van der Waals surface area (Å²) < 4.78 is 10.2. The Balaban J connectivity index is 2.07. The molecule has 1 aromatic heterocycles. The van der Waals surface area contributed by atoms with E-state index in [9.17, 15) is 9.59 Å². The highest BCUT2D eigenvalue weighted by atomic mass is 16.6. The minimum atomic E-state index is -0.190. The Morgan fingerprint density at radius 2 is 2.30 bits per heavy atom. The number of nitrogens with one attached hydrogen (secondary N) is 1. The molecule has 0 unspecified atom stereocenters. The van der Waals surface area contributed by atoms with Crippen molar-refractivity contribution in [2.75, 3.05) is 13.7 Å². The Labute approximate surface area is 118 Å². The van der Waals surface area contributed by atoms with E-state index in [0.29, 0.717) is 18.9 Å². The Morgan fingerprint density at radius 1 is 1.55 bits per heavy atom. The van der Waals surface area contributed by atoms with Crippen molar-refractivity contribution in [3.63, 3.8) is 0 Å². The van der Waals surface area contributed by atoms with Crippen LogP contribution < -0.4 is 10.1 Å². The van der Waals surface area contributed by atoms with Gasteiger partial charge in [0.25, 0.3) is 11.9 Å². The summed E-state index contributed by atoms with van der Waals surface area (Å²) in [7, 11) is 1.49. The number of nitrogens with zero attached hydrogens (tertiary/aromatic N) is 1. The van der Waals surface area contributed by atoms with Crippen molar-refractivity contribution in [2.24, 2.45) is 0 Å². The first kappa shape index (κ1) is 14.4. The lowest BCUT2D eigenvalue weighted by molar-refractivity contribution is -0.119. The molecule has 0 radical (unpaired) electrons. The zero-order valence-corrected chi connectivity index (χ0v) is 12.0. The summed E-state index contributed by atoms with van der Waals surface area (Å²) in [5.74, 6) is 0.418. The monoisotopic (exact) mass is 280 g/mol. The van der Waals surface area contributed by atoms with Crippen molar-refractivity contribution in [3.8, 4) is 5.95 Å². The molecule has 0 aromatic carbocycles. The van der Waals surface area contributed by atoms with Crippen molar-refractivity contribution in [1.82, 2.24) is 10.2 Å². The molecular formula is C14H20N2O4. The fourth-order valence-electron chi connectivity index (χ4n) is 2.27. The summed E-state index contributed by atoms with van der Waals surface area (Å²) in [6.07, 6.45) is 1.29.